The molecule has 5 rings (SSSR count). The summed E-state index contributed by atoms with van der Waals surface area (Å²) in [5, 5.41) is 10.4. The molecule has 152 valence electrons. The highest BCUT2D eigenvalue weighted by molar-refractivity contribution is 6.33. The van der Waals surface area contributed by atoms with E-state index in [9.17, 15) is 4.79 Å². The number of nitrogens with zero attached hydrogens (tertiary/aromatic N) is 1. The summed E-state index contributed by atoms with van der Waals surface area (Å²) < 4.78 is 5.98. The number of halogens is 2. The Morgan fingerprint density at radius 3 is 2.62 bits per heavy atom. The topological polar surface area (TPSA) is 49.8 Å². The SMILES string of the molecule is O=C(O)[C@H]1C[C@H](N2CC3(Cc4ccc(OCc5cc(Cl)ccc5Cl)cc4C3)C2)C1. The molecule has 2 aliphatic carbocycles. The van der Waals surface area contributed by atoms with Crippen LogP contribution >= 0.6 is 23.2 Å². The standard InChI is InChI=1S/C23H23Cl2NO3/c24-18-2-4-21(25)17(5-18)11-29-20-3-1-14-9-23(10-16(14)8-20)12-26(13-23)19-6-15(7-19)22(27)28/h1-5,8,15,19H,6-7,9-13H2,(H,27,28)/t15-,19-. The van der Waals surface area contributed by atoms with Gasteiger partial charge in [-0.2, -0.15) is 0 Å². The van der Waals surface area contributed by atoms with Crippen molar-refractivity contribution in [2.45, 2.75) is 38.3 Å². The number of ether oxygens (including phenoxy) is 1. The third kappa shape index (κ3) is 3.63. The van der Waals surface area contributed by atoms with Crippen molar-refractivity contribution in [2.24, 2.45) is 11.3 Å². The Morgan fingerprint density at radius 1 is 1.10 bits per heavy atom. The number of hydrogen-bond donors (Lipinski definition) is 1. The van der Waals surface area contributed by atoms with Crippen molar-refractivity contribution in [1.82, 2.24) is 4.90 Å². The van der Waals surface area contributed by atoms with Gasteiger partial charge in [0.15, 0.2) is 0 Å². The van der Waals surface area contributed by atoms with E-state index in [1.54, 1.807) is 12.1 Å². The highest BCUT2D eigenvalue weighted by atomic mass is 35.5. The van der Waals surface area contributed by atoms with Crippen LogP contribution in [0, 0.1) is 11.3 Å². The van der Waals surface area contributed by atoms with Crippen molar-refractivity contribution >= 4 is 29.2 Å². The Labute approximate surface area is 180 Å². The molecule has 29 heavy (non-hydrogen) atoms. The predicted molar refractivity (Wildman–Crippen MR) is 113 cm³/mol. The van der Waals surface area contributed by atoms with Crippen LogP contribution in [0.3, 0.4) is 0 Å². The van der Waals surface area contributed by atoms with Crippen LogP contribution in [-0.4, -0.2) is 35.1 Å². The summed E-state index contributed by atoms with van der Waals surface area (Å²) in [6.07, 6.45) is 3.79. The van der Waals surface area contributed by atoms with Crippen molar-refractivity contribution in [3.05, 3.63) is 63.1 Å². The number of carboxylic acid groups (broad SMARTS) is 1. The first kappa shape index (κ1) is 19.2. The van der Waals surface area contributed by atoms with E-state index < -0.39 is 5.97 Å². The fourth-order valence-corrected chi connectivity index (χ4v) is 5.47. The quantitative estimate of drug-likeness (QED) is 0.735. The molecule has 2 aromatic rings. The molecule has 0 aromatic heterocycles. The first-order chi connectivity index (χ1) is 13.9. The first-order valence-corrected chi connectivity index (χ1v) is 10.8. The molecule has 2 aromatic carbocycles. The Kier molecular flexibility index (Phi) is 4.77. The van der Waals surface area contributed by atoms with Crippen LogP contribution in [0.5, 0.6) is 5.75 Å². The third-order valence-electron chi connectivity index (χ3n) is 6.77. The van der Waals surface area contributed by atoms with E-state index in [2.05, 4.69) is 17.0 Å². The van der Waals surface area contributed by atoms with E-state index in [-0.39, 0.29) is 5.92 Å². The minimum absolute atomic E-state index is 0.134. The van der Waals surface area contributed by atoms with E-state index in [1.807, 2.05) is 12.1 Å². The molecule has 1 saturated carbocycles. The lowest BCUT2D eigenvalue weighted by Gasteiger charge is -2.55. The summed E-state index contributed by atoms with van der Waals surface area (Å²) in [6.45, 7) is 2.55. The first-order valence-electron chi connectivity index (χ1n) is 10.1. The highest BCUT2D eigenvalue weighted by Gasteiger charge is 2.51. The molecule has 3 aliphatic rings. The Hall–Kier alpha value is -1.75. The maximum Gasteiger partial charge on any atom is 0.306 e. The van der Waals surface area contributed by atoms with Gasteiger partial charge in [-0.15, -0.1) is 0 Å². The van der Waals surface area contributed by atoms with Crippen LogP contribution in [0.15, 0.2) is 36.4 Å². The number of hydrogen-bond acceptors (Lipinski definition) is 3. The van der Waals surface area contributed by atoms with Crippen molar-refractivity contribution in [1.29, 1.82) is 0 Å². The molecular weight excluding hydrogens is 409 g/mol. The lowest BCUT2D eigenvalue weighted by molar-refractivity contribution is -0.150. The smallest absolute Gasteiger partial charge is 0.306 e. The lowest BCUT2D eigenvalue weighted by atomic mass is 9.71. The number of benzene rings is 2. The Balaban J connectivity index is 1.18. The number of carboxylic acids is 1. The lowest BCUT2D eigenvalue weighted by Crippen LogP contribution is -2.63. The molecule has 1 heterocycles. The molecule has 0 amide bonds. The number of aliphatic carboxylic acids is 1. The molecule has 1 N–H and O–H groups in total. The van der Waals surface area contributed by atoms with Gasteiger partial charge in [0.25, 0.3) is 0 Å². The summed E-state index contributed by atoms with van der Waals surface area (Å²) in [6, 6.07) is 12.3. The summed E-state index contributed by atoms with van der Waals surface area (Å²) in [5.74, 6) is 0.0812. The fourth-order valence-electron chi connectivity index (χ4n) is 5.10. The van der Waals surface area contributed by atoms with Crippen LogP contribution in [0.4, 0.5) is 0 Å². The molecular formula is C23H23Cl2NO3. The van der Waals surface area contributed by atoms with Crippen LogP contribution < -0.4 is 4.74 Å². The third-order valence-corrected chi connectivity index (χ3v) is 7.37. The average molecular weight is 432 g/mol. The van der Waals surface area contributed by atoms with Crippen LogP contribution in [0.2, 0.25) is 10.0 Å². The Bertz CT molecular complexity index is 965. The number of rotatable bonds is 5. The summed E-state index contributed by atoms with van der Waals surface area (Å²) in [7, 11) is 0. The van der Waals surface area contributed by atoms with Gasteiger partial charge in [-0.05, 0) is 67.1 Å². The van der Waals surface area contributed by atoms with Crippen LogP contribution in [0.1, 0.15) is 29.5 Å². The van der Waals surface area contributed by atoms with Gasteiger partial charge in [0.2, 0.25) is 0 Å². The molecule has 0 radical (unpaired) electrons. The molecule has 1 spiro atoms. The number of carbonyl (C=O) groups is 1. The van der Waals surface area contributed by atoms with E-state index in [1.165, 1.54) is 11.1 Å². The molecule has 1 saturated heterocycles. The van der Waals surface area contributed by atoms with Gasteiger partial charge >= 0.3 is 5.97 Å². The average Bonchev–Trinajstić information content (AvgIpc) is 2.99. The van der Waals surface area contributed by atoms with E-state index in [4.69, 9.17) is 33.0 Å². The number of fused-ring (bicyclic) bond motifs is 1. The molecule has 0 unspecified atom stereocenters. The Morgan fingerprint density at radius 2 is 1.86 bits per heavy atom. The predicted octanol–water partition coefficient (Wildman–Crippen LogP) is 4.84. The van der Waals surface area contributed by atoms with Crippen molar-refractivity contribution in [3.63, 3.8) is 0 Å². The molecule has 2 fully saturated rings. The second-order valence-corrected chi connectivity index (χ2v) is 9.72. The summed E-state index contributed by atoms with van der Waals surface area (Å²) >= 11 is 12.3. The van der Waals surface area contributed by atoms with Gasteiger partial charge < -0.3 is 9.84 Å². The van der Waals surface area contributed by atoms with Gasteiger partial charge in [0.05, 0.1) is 5.92 Å². The van der Waals surface area contributed by atoms with Crippen molar-refractivity contribution < 1.29 is 14.6 Å². The zero-order valence-corrected chi connectivity index (χ0v) is 17.5. The van der Waals surface area contributed by atoms with E-state index in [0.29, 0.717) is 28.1 Å². The molecule has 1 aliphatic heterocycles. The van der Waals surface area contributed by atoms with Gasteiger partial charge in [0, 0.05) is 40.2 Å². The number of likely N-dealkylation sites (tertiary alicyclic amines) is 1. The van der Waals surface area contributed by atoms with Crippen LogP contribution in [0.25, 0.3) is 0 Å². The largest absolute Gasteiger partial charge is 0.489 e. The molecule has 0 bridgehead atoms. The summed E-state index contributed by atoms with van der Waals surface area (Å²) in [5.41, 5.74) is 3.99. The highest BCUT2D eigenvalue weighted by Crippen LogP contribution is 2.48. The zero-order valence-electron chi connectivity index (χ0n) is 16.0. The molecule has 6 heteroatoms. The van der Waals surface area contributed by atoms with Gasteiger partial charge in [-0.3, -0.25) is 9.69 Å². The van der Waals surface area contributed by atoms with E-state index >= 15 is 0 Å². The maximum absolute atomic E-state index is 11.0. The van der Waals surface area contributed by atoms with Crippen molar-refractivity contribution in [3.8, 4) is 5.75 Å². The van der Waals surface area contributed by atoms with E-state index in [0.717, 1.165) is 50.1 Å². The van der Waals surface area contributed by atoms with Crippen LogP contribution in [-0.2, 0) is 24.2 Å². The maximum atomic E-state index is 11.0. The normalized spacial score (nSPS) is 24.6. The van der Waals surface area contributed by atoms with Crippen molar-refractivity contribution in [2.75, 3.05) is 13.1 Å². The monoisotopic (exact) mass is 431 g/mol. The van der Waals surface area contributed by atoms with Gasteiger partial charge in [-0.25, -0.2) is 0 Å². The summed E-state index contributed by atoms with van der Waals surface area (Å²) in [4.78, 5) is 13.5. The molecule has 0 atom stereocenters. The zero-order chi connectivity index (χ0) is 20.2. The fraction of sp³-hybridized carbons (Fsp3) is 0.435. The minimum Gasteiger partial charge on any atom is -0.489 e. The second-order valence-electron chi connectivity index (χ2n) is 8.87. The minimum atomic E-state index is -0.642. The second kappa shape index (κ2) is 7.19. The van der Waals surface area contributed by atoms with Gasteiger partial charge in [-0.1, -0.05) is 29.3 Å². The van der Waals surface area contributed by atoms with Gasteiger partial charge in [0.1, 0.15) is 12.4 Å². The molecule has 4 nitrogen and oxygen atoms in total.